The van der Waals surface area contributed by atoms with E-state index in [2.05, 4.69) is 31.5 Å². The molecule has 1 amide bonds. The molecule has 1 saturated carbocycles. The zero-order valence-corrected chi connectivity index (χ0v) is 17.7. The maximum absolute atomic E-state index is 11.4. The van der Waals surface area contributed by atoms with Crippen LogP contribution in [-0.2, 0) is 15.0 Å². The number of phenols is 1. The monoisotopic (exact) mass is 406 g/mol. The van der Waals surface area contributed by atoms with Gasteiger partial charge in [0.2, 0.25) is 5.91 Å². The van der Waals surface area contributed by atoms with Crippen molar-refractivity contribution in [3.8, 4) is 11.5 Å². The second-order valence-corrected chi connectivity index (χ2v) is 8.29. The van der Waals surface area contributed by atoms with Crippen molar-refractivity contribution in [1.29, 1.82) is 0 Å². The van der Waals surface area contributed by atoms with E-state index in [4.69, 9.17) is 4.74 Å². The predicted octanol–water partition coefficient (Wildman–Crippen LogP) is 3.91. The Bertz CT molecular complexity index is 730. The number of piperidine rings is 1. The molecule has 1 aromatic carbocycles. The molecule has 3 N–H and O–H groups in total. The fourth-order valence-corrected chi connectivity index (χ4v) is 5.14. The molecular formula is C23H38N2O4. The topological polar surface area (TPSA) is 92.9 Å². The van der Waals surface area contributed by atoms with Gasteiger partial charge in [0.15, 0.2) is 11.5 Å². The van der Waals surface area contributed by atoms with Crippen LogP contribution in [0.5, 0.6) is 11.5 Å². The number of benzene rings is 1. The Morgan fingerprint density at radius 1 is 1.24 bits per heavy atom. The number of phenolic OH excluding ortho intramolecular Hbond substituents is 1. The molecule has 0 bridgehead atoms. The number of primary amides is 1. The van der Waals surface area contributed by atoms with Crippen molar-refractivity contribution >= 4 is 11.9 Å². The number of nitrogens with zero attached hydrogens (tertiary/aromatic N) is 1. The molecule has 2 fully saturated rings. The van der Waals surface area contributed by atoms with Gasteiger partial charge in [0.25, 0.3) is 0 Å². The number of ether oxygens (including phenoxy) is 1. The second-order valence-electron chi connectivity index (χ2n) is 8.29. The van der Waals surface area contributed by atoms with Gasteiger partial charge in [-0.2, -0.15) is 0 Å². The Kier molecular flexibility index (Phi) is 8.69. The maximum atomic E-state index is 11.4. The van der Waals surface area contributed by atoms with E-state index in [-0.39, 0.29) is 24.5 Å². The van der Waals surface area contributed by atoms with Crippen molar-refractivity contribution < 1.29 is 19.4 Å². The highest BCUT2D eigenvalue weighted by atomic mass is 16.5. The van der Waals surface area contributed by atoms with E-state index in [1.54, 1.807) is 6.07 Å². The fourth-order valence-electron chi connectivity index (χ4n) is 5.14. The van der Waals surface area contributed by atoms with Crippen LogP contribution in [0.3, 0.4) is 0 Å². The number of nitrogens with two attached hydrogens (primary N) is 1. The molecule has 1 aromatic rings. The Labute approximate surface area is 175 Å². The van der Waals surface area contributed by atoms with Gasteiger partial charge in [0.05, 0.1) is 0 Å². The summed E-state index contributed by atoms with van der Waals surface area (Å²) in [6.07, 6.45) is 5.81. The standard InChI is InChI=1S/C20H29NO3.C2H5NO.CH4/c1-13-8-9-17(24-15(3)22)19(23)18(13)20-10-6-5-7-16(20)14(2)21(4)12-11-20;1-2(3)4;/h8-9,14,16,23H,5-7,10-12H2,1-4H3;1H3,(H2,3,4);1H4. The van der Waals surface area contributed by atoms with Crippen LogP contribution in [0.4, 0.5) is 0 Å². The number of likely N-dealkylation sites (tertiary alicyclic amines) is 1. The van der Waals surface area contributed by atoms with Crippen LogP contribution < -0.4 is 10.5 Å². The highest BCUT2D eigenvalue weighted by molar-refractivity contribution is 5.71. The number of hydrogen-bond donors (Lipinski definition) is 2. The first-order valence-electron chi connectivity index (χ1n) is 10.1. The molecule has 1 saturated heterocycles. The third-order valence-electron chi connectivity index (χ3n) is 6.39. The third kappa shape index (κ3) is 5.30. The maximum Gasteiger partial charge on any atom is 0.308 e. The molecule has 3 unspecified atom stereocenters. The predicted molar refractivity (Wildman–Crippen MR) is 116 cm³/mol. The van der Waals surface area contributed by atoms with Crippen LogP contribution in [0.25, 0.3) is 0 Å². The number of esters is 1. The Balaban J connectivity index is 0.000000771. The molecule has 6 heteroatoms. The Hall–Kier alpha value is -2.08. The largest absolute Gasteiger partial charge is 0.504 e. The number of fused-ring (bicyclic) bond motifs is 1. The summed E-state index contributed by atoms with van der Waals surface area (Å²) in [6.45, 7) is 8.09. The molecule has 1 heterocycles. The first kappa shape index (κ1) is 25.0. The summed E-state index contributed by atoms with van der Waals surface area (Å²) >= 11 is 0. The first-order chi connectivity index (χ1) is 13.1. The average molecular weight is 407 g/mol. The van der Waals surface area contributed by atoms with Gasteiger partial charge in [-0.3, -0.25) is 9.59 Å². The molecule has 1 aliphatic heterocycles. The quantitative estimate of drug-likeness (QED) is 0.574. The zero-order valence-electron chi connectivity index (χ0n) is 17.7. The molecule has 6 nitrogen and oxygen atoms in total. The highest BCUT2D eigenvalue weighted by Crippen LogP contribution is 2.55. The number of aromatic hydroxyl groups is 1. The minimum absolute atomic E-state index is 0. The second kappa shape index (κ2) is 10.1. The number of rotatable bonds is 2. The van der Waals surface area contributed by atoms with Crippen LogP contribution in [0.1, 0.15) is 71.4 Å². The van der Waals surface area contributed by atoms with E-state index in [9.17, 15) is 14.7 Å². The lowest BCUT2D eigenvalue weighted by molar-refractivity contribution is -0.132. The smallest absolute Gasteiger partial charge is 0.308 e. The molecule has 3 atom stereocenters. The molecule has 0 radical (unpaired) electrons. The van der Waals surface area contributed by atoms with E-state index in [0.717, 1.165) is 30.5 Å². The molecule has 0 spiro atoms. The van der Waals surface area contributed by atoms with Gasteiger partial charge in [-0.05, 0) is 64.3 Å². The number of carbonyl (C=O) groups is 2. The summed E-state index contributed by atoms with van der Waals surface area (Å²) in [5.41, 5.74) is 6.59. The number of aryl methyl sites for hydroxylation is 1. The summed E-state index contributed by atoms with van der Waals surface area (Å²) < 4.78 is 5.26. The Morgan fingerprint density at radius 3 is 2.45 bits per heavy atom. The van der Waals surface area contributed by atoms with Crippen molar-refractivity contribution in [3.63, 3.8) is 0 Å². The van der Waals surface area contributed by atoms with Crippen molar-refractivity contribution in [2.75, 3.05) is 13.6 Å². The SMILES string of the molecule is C.CC(=O)Oc1ccc(C)c(C23CCCCC2C(C)N(C)CC3)c1O.CC(N)=O. The van der Waals surface area contributed by atoms with Crippen LogP contribution in [0.15, 0.2) is 12.1 Å². The molecular weight excluding hydrogens is 368 g/mol. The molecule has 1 aliphatic carbocycles. The van der Waals surface area contributed by atoms with Crippen LogP contribution in [-0.4, -0.2) is 41.5 Å². The summed E-state index contributed by atoms with van der Waals surface area (Å²) in [5.74, 6) is 0.277. The number of carbonyl (C=O) groups excluding carboxylic acids is 2. The fraction of sp³-hybridized carbons (Fsp3) is 0.652. The van der Waals surface area contributed by atoms with Gasteiger partial charge >= 0.3 is 5.97 Å². The van der Waals surface area contributed by atoms with E-state index in [1.165, 1.54) is 33.1 Å². The molecule has 29 heavy (non-hydrogen) atoms. The highest BCUT2D eigenvalue weighted by Gasteiger charge is 2.50. The summed E-state index contributed by atoms with van der Waals surface area (Å²) in [4.78, 5) is 23.0. The van der Waals surface area contributed by atoms with Gasteiger partial charge in [-0.1, -0.05) is 26.3 Å². The summed E-state index contributed by atoms with van der Waals surface area (Å²) in [7, 11) is 2.20. The molecule has 3 rings (SSSR count). The van der Waals surface area contributed by atoms with Crippen molar-refractivity contribution in [2.45, 2.75) is 78.7 Å². The normalized spacial score (nSPS) is 26.2. The first-order valence-corrected chi connectivity index (χ1v) is 10.1. The van der Waals surface area contributed by atoms with Crippen LogP contribution >= 0.6 is 0 Å². The van der Waals surface area contributed by atoms with Crippen molar-refractivity contribution in [1.82, 2.24) is 4.90 Å². The molecule has 164 valence electrons. The molecule has 2 aliphatic rings. The molecule has 0 aromatic heterocycles. The zero-order chi connectivity index (χ0) is 21.1. The lowest BCUT2D eigenvalue weighted by Gasteiger charge is -2.54. The Morgan fingerprint density at radius 2 is 1.86 bits per heavy atom. The van der Waals surface area contributed by atoms with Crippen LogP contribution in [0, 0.1) is 12.8 Å². The van der Waals surface area contributed by atoms with Gasteiger partial charge in [-0.15, -0.1) is 0 Å². The lowest BCUT2D eigenvalue weighted by atomic mass is 9.56. The van der Waals surface area contributed by atoms with Gasteiger partial charge in [-0.25, -0.2) is 0 Å². The summed E-state index contributed by atoms with van der Waals surface area (Å²) in [5, 5.41) is 11.0. The minimum Gasteiger partial charge on any atom is -0.504 e. The van der Waals surface area contributed by atoms with Gasteiger partial charge in [0, 0.05) is 30.9 Å². The number of hydrogen-bond acceptors (Lipinski definition) is 5. The average Bonchev–Trinajstić information content (AvgIpc) is 2.60. The van der Waals surface area contributed by atoms with E-state index < -0.39 is 5.97 Å². The number of amides is 1. The third-order valence-corrected chi connectivity index (χ3v) is 6.39. The van der Waals surface area contributed by atoms with Gasteiger partial charge < -0.3 is 20.5 Å². The van der Waals surface area contributed by atoms with Crippen molar-refractivity contribution in [2.24, 2.45) is 11.7 Å². The minimum atomic E-state index is -0.394. The van der Waals surface area contributed by atoms with E-state index in [0.29, 0.717) is 17.7 Å². The van der Waals surface area contributed by atoms with E-state index >= 15 is 0 Å². The van der Waals surface area contributed by atoms with Gasteiger partial charge in [0.1, 0.15) is 0 Å². The van der Waals surface area contributed by atoms with Crippen molar-refractivity contribution in [3.05, 3.63) is 23.3 Å². The summed E-state index contributed by atoms with van der Waals surface area (Å²) in [6, 6.07) is 4.19. The van der Waals surface area contributed by atoms with E-state index in [1.807, 2.05) is 6.07 Å². The van der Waals surface area contributed by atoms with Crippen LogP contribution in [0.2, 0.25) is 0 Å². The lowest BCUT2D eigenvalue weighted by Crippen LogP contribution is -2.55.